The molecule has 1 aromatic carbocycles. The van der Waals surface area contributed by atoms with Crippen molar-refractivity contribution >= 4 is 40.9 Å². The third kappa shape index (κ3) is 6.55. The van der Waals surface area contributed by atoms with E-state index in [1.165, 1.54) is 37.3 Å². The molecule has 5 heteroatoms. The first-order valence-electron chi connectivity index (χ1n) is 7.84. The third-order valence-electron chi connectivity index (χ3n) is 3.67. The first-order valence-corrected chi connectivity index (χ1v) is 8.63. The molecule has 2 N–H and O–H groups in total. The fraction of sp³-hybridized carbons (Fsp3) is 0.333. The van der Waals surface area contributed by atoms with Gasteiger partial charge >= 0.3 is 0 Å². The monoisotopic (exact) mass is 348 g/mol. The molecule has 0 atom stereocenters. The highest BCUT2D eigenvalue weighted by Gasteiger charge is 2.05. The van der Waals surface area contributed by atoms with E-state index in [1.54, 1.807) is 12.1 Å². The molecule has 23 heavy (non-hydrogen) atoms. The molecule has 1 aliphatic rings. The second kappa shape index (κ2) is 9.48. The number of carbonyl (C=O) groups excluding carboxylic acids is 1. The Bertz CT molecular complexity index is 625. The van der Waals surface area contributed by atoms with Crippen LogP contribution in [-0.4, -0.2) is 17.6 Å². The van der Waals surface area contributed by atoms with Crippen LogP contribution in [-0.2, 0) is 4.79 Å². The van der Waals surface area contributed by atoms with Gasteiger partial charge in [-0.3, -0.25) is 10.1 Å². The first-order chi connectivity index (χ1) is 11.1. The van der Waals surface area contributed by atoms with Crippen LogP contribution in [0.2, 0.25) is 5.02 Å². The predicted molar refractivity (Wildman–Crippen MR) is 100 cm³/mol. The lowest BCUT2D eigenvalue weighted by molar-refractivity contribution is -0.115. The number of nitrogens with one attached hydrogen (secondary N) is 2. The number of hydrogen-bond acceptors (Lipinski definition) is 2. The van der Waals surface area contributed by atoms with Crippen LogP contribution in [0.3, 0.4) is 0 Å². The number of amides is 1. The van der Waals surface area contributed by atoms with Gasteiger partial charge in [-0.1, -0.05) is 41.4 Å². The first kappa shape index (κ1) is 17.7. The Kier molecular flexibility index (Phi) is 7.30. The van der Waals surface area contributed by atoms with Gasteiger partial charge in [0.25, 0.3) is 0 Å². The molecule has 0 fully saturated rings. The Balaban J connectivity index is 1.71. The van der Waals surface area contributed by atoms with E-state index in [-0.39, 0.29) is 5.91 Å². The summed E-state index contributed by atoms with van der Waals surface area (Å²) in [5.74, 6) is -0.265. The molecular weight excluding hydrogens is 328 g/mol. The van der Waals surface area contributed by atoms with Crippen molar-refractivity contribution in [2.24, 2.45) is 0 Å². The lowest BCUT2D eigenvalue weighted by Gasteiger charge is -2.13. The van der Waals surface area contributed by atoms with Gasteiger partial charge < -0.3 is 5.32 Å². The van der Waals surface area contributed by atoms with Crippen LogP contribution in [0, 0.1) is 0 Å². The minimum Gasteiger partial charge on any atom is -0.362 e. The van der Waals surface area contributed by atoms with Crippen molar-refractivity contribution in [2.45, 2.75) is 32.1 Å². The van der Waals surface area contributed by atoms with Gasteiger partial charge in [0.1, 0.15) is 0 Å². The largest absolute Gasteiger partial charge is 0.362 e. The second-order valence-electron chi connectivity index (χ2n) is 5.46. The number of benzene rings is 1. The Labute approximate surface area is 147 Å². The van der Waals surface area contributed by atoms with Crippen molar-refractivity contribution in [3.05, 3.63) is 52.6 Å². The van der Waals surface area contributed by atoms with E-state index in [0.717, 1.165) is 18.5 Å². The van der Waals surface area contributed by atoms with Gasteiger partial charge in [0, 0.05) is 17.6 Å². The zero-order chi connectivity index (χ0) is 16.5. The fourth-order valence-electron chi connectivity index (χ4n) is 2.44. The SMILES string of the molecule is O=C(/C=C/c1ccccc1Cl)NC(=S)NCCC1=CCCCC1. The molecule has 2 rings (SSSR count). The van der Waals surface area contributed by atoms with Gasteiger partial charge in [0.05, 0.1) is 0 Å². The van der Waals surface area contributed by atoms with Crippen LogP contribution in [0.25, 0.3) is 6.08 Å². The molecule has 0 aromatic heterocycles. The molecule has 3 nitrogen and oxygen atoms in total. The molecule has 0 heterocycles. The zero-order valence-electron chi connectivity index (χ0n) is 13.0. The quantitative estimate of drug-likeness (QED) is 0.475. The highest BCUT2D eigenvalue weighted by molar-refractivity contribution is 7.80. The maximum atomic E-state index is 11.8. The number of hydrogen-bond donors (Lipinski definition) is 2. The molecule has 0 saturated carbocycles. The Morgan fingerprint density at radius 3 is 2.87 bits per heavy atom. The summed E-state index contributed by atoms with van der Waals surface area (Å²) in [7, 11) is 0. The third-order valence-corrected chi connectivity index (χ3v) is 4.26. The summed E-state index contributed by atoms with van der Waals surface area (Å²) in [4.78, 5) is 11.8. The average Bonchev–Trinajstić information content (AvgIpc) is 2.55. The van der Waals surface area contributed by atoms with E-state index in [9.17, 15) is 4.79 Å². The second-order valence-corrected chi connectivity index (χ2v) is 6.27. The summed E-state index contributed by atoms with van der Waals surface area (Å²) >= 11 is 11.2. The molecule has 0 radical (unpaired) electrons. The molecule has 1 aromatic rings. The van der Waals surface area contributed by atoms with E-state index in [1.807, 2.05) is 18.2 Å². The van der Waals surface area contributed by atoms with Crippen molar-refractivity contribution in [1.82, 2.24) is 10.6 Å². The molecule has 122 valence electrons. The lowest BCUT2D eigenvalue weighted by Crippen LogP contribution is -2.38. The van der Waals surface area contributed by atoms with Crippen LogP contribution in [0.4, 0.5) is 0 Å². The Morgan fingerprint density at radius 1 is 1.30 bits per heavy atom. The number of allylic oxidation sites excluding steroid dienone is 1. The van der Waals surface area contributed by atoms with Crippen LogP contribution in [0.1, 0.15) is 37.7 Å². The van der Waals surface area contributed by atoms with Gasteiger partial charge in [-0.25, -0.2) is 0 Å². The van der Waals surface area contributed by atoms with Crippen molar-refractivity contribution in [3.63, 3.8) is 0 Å². The minimum absolute atomic E-state index is 0.265. The molecular formula is C18H21ClN2OS. The van der Waals surface area contributed by atoms with E-state index >= 15 is 0 Å². The Morgan fingerprint density at radius 2 is 2.13 bits per heavy atom. The zero-order valence-corrected chi connectivity index (χ0v) is 14.6. The molecule has 1 amide bonds. The van der Waals surface area contributed by atoms with Gasteiger partial charge in [0.15, 0.2) is 5.11 Å². The summed E-state index contributed by atoms with van der Waals surface area (Å²) in [6, 6.07) is 7.35. The average molecular weight is 349 g/mol. The maximum Gasteiger partial charge on any atom is 0.250 e. The highest BCUT2D eigenvalue weighted by atomic mass is 35.5. The molecule has 1 aliphatic carbocycles. The lowest BCUT2D eigenvalue weighted by atomic mass is 9.97. The number of thiocarbonyl (C=S) groups is 1. The van der Waals surface area contributed by atoms with Gasteiger partial charge in [-0.2, -0.15) is 0 Å². The number of halogens is 1. The fourth-order valence-corrected chi connectivity index (χ4v) is 2.84. The Hall–Kier alpha value is -1.65. The van der Waals surface area contributed by atoms with Gasteiger partial charge in [-0.05, 0) is 62.0 Å². The van der Waals surface area contributed by atoms with Crippen LogP contribution < -0.4 is 10.6 Å². The molecule has 0 aliphatic heterocycles. The summed E-state index contributed by atoms with van der Waals surface area (Å²) in [5.41, 5.74) is 2.28. The summed E-state index contributed by atoms with van der Waals surface area (Å²) < 4.78 is 0. The van der Waals surface area contributed by atoms with Crippen molar-refractivity contribution in [3.8, 4) is 0 Å². The topological polar surface area (TPSA) is 41.1 Å². The smallest absolute Gasteiger partial charge is 0.250 e. The van der Waals surface area contributed by atoms with Crippen molar-refractivity contribution in [1.29, 1.82) is 0 Å². The predicted octanol–water partition coefficient (Wildman–Crippen LogP) is 4.23. The molecule has 0 bridgehead atoms. The minimum atomic E-state index is -0.265. The van der Waals surface area contributed by atoms with Gasteiger partial charge in [-0.15, -0.1) is 0 Å². The van der Waals surface area contributed by atoms with E-state index in [2.05, 4.69) is 16.7 Å². The van der Waals surface area contributed by atoms with Crippen molar-refractivity contribution in [2.75, 3.05) is 6.54 Å². The summed E-state index contributed by atoms with van der Waals surface area (Å²) in [5, 5.41) is 6.67. The number of rotatable bonds is 5. The normalized spacial score (nSPS) is 14.4. The van der Waals surface area contributed by atoms with Crippen LogP contribution in [0.15, 0.2) is 42.0 Å². The highest BCUT2D eigenvalue weighted by Crippen LogP contribution is 2.19. The number of carbonyl (C=O) groups is 1. The molecule has 0 unspecified atom stereocenters. The molecule has 0 saturated heterocycles. The van der Waals surface area contributed by atoms with Crippen molar-refractivity contribution < 1.29 is 4.79 Å². The van der Waals surface area contributed by atoms with E-state index < -0.39 is 0 Å². The van der Waals surface area contributed by atoms with E-state index in [0.29, 0.717) is 10.1 Å². The van der Waals surface area contributed by atoms with Gasteiger partial charge in [0.2, 0.25) is 5.91 Å². The summed E-state index contributed by atoms with van der Waals surface area (Å²) in [6.07, 6.45) is 11.3. The standard InChI is InChI=1S/C18H21ClN2OS/c19-16-9-5-4-8-15(16)10-11-17(22)21-18(23)20-13-12-14-6-2-1-3-7-14/h4-6,8-11H,1-3,7,12-13H2,(H2,20,21,22,23)/b11-10+. The maximum absolute atomic E-state index is 11.8. The van der Waals surface area contributed by atoms with E-state index in [4.69, 9.17) is 23.8 Å². The van der Waals surface area contributed by atoms with Crippen LogP contribution >= 0.6 is 23.8 Å². The molecule has 0 spiro atoms. The summed E-state index contributed by atoms with van der Waals surface area (Å²) in [6.45, 7) is 0.749. The van der Waals surface area contributed by atoms with Crippen LogP contribution in [0.5, 0.6) is 0 Å².